The van der Waals surface area contributed by atoms with E-state index in [1.807, 2.05) is 6.92 Å². The summed E-state index contributed by atoms with van der Waals surface area (Å²) in [5.74, 6) is -0.314. The molecule has 0 bridgehead atoms. The predicted octanol–water partition coefficient (Wildman–Crippen LogP) is 3.47. The van der Waals surface area contributed by atoms with Crippen LogP contribution in [0.1, 0.15) is 46.2 Å². The van der Waals surface area contributed by atoms with E-state index in [1.54, 1.807) is 41.3 Å². The van der Waals surface area contributed by atoms with Gasteiger partial charge in [0.2, 0.25) is 5.91 Å². The zero-order valence-electron chi connectivity index (χ0n) is 15.5. The van der Waals surface area contributed by atoms with Crippen LogP contribution in [0.5, 0.6) is 0 Å². The van der Waals surface area contributed by atoms with Crippen molar-refractivity contribution in [3.63, 3.8) is 0 Å². The lowest BCUT2D eigenvalue weighted by Gasteiger charge is -2.26. The number of carbonyl (C=O) groups excluding carboxylic acids is 3. The van der Waals surface area contributed by atoms with Crippen LogP contribution in [0, 0.1) is 0 Å². The van der Waals surface area contributed by atoms with E-state index in [0.717, 1.165) is 25.1 Å². The molecular weight excluding hydrogens is 398 g/mol. The number of hydrogen-bond donors (Lipinski definition) is 2. The van der Waals surface area contributed by atoms with Gasteiger partial charge in [-0.3, -0.25) is 14.4 Å². The monoisotopic (exact) mass is 419 g/mol. The molecule has 1 aliphatic heterocycles. The number of carbonyl (C=O) groups is 3. The van der Waals surface area contributed by atoms with Crippen LogP contribution in [0.25, 0.3) is 0 Å². The Morgan fingerprint density at radius 1 is 1.14 bits per heavy atom. The summed E-state index contributed by atoms with van der Waals surface area (Å²) in [7, 11) is 0. The number of benzene rings is 1. The second-order valence-electron chi connectivity index (χ2n) is 6.74. The standard InChI is InChI=1S/C20H22ClN3O3S/c1-13(23-20(27)16-9-10-17(21)28-16)12-22-19(26)14-5-7-15(8-6-14)24-11-3-2-4-18(24)25/h5-10,13H,2-4,11-12H2,1H3,(H,22,26)(H,23,27). The Bertz CT molecular complexity index is 866. The third-order valence-corrected chi connectivity index (χ3v) is 5.74. The molecule has 8 heteroatoms. The first-order chi connectivity index (χ1) is 13.4. The molecule has 1 fully saturated rings. The van der Waals surface area contributed by atoms with E-state index in [1.165, 1.54) is 11.3 Å². The summed E-state index contributed by atoms with van der Waals surface area (Å²) in [6, 6.07) is 10.1. The zero-order valence-corrected chi connectivity index (χ0v) is 17.1. The number of nitrogens with one attached hydrogen (secondary N) is 2. The Morgan fingerprint density at radius 2 is 1.89 bits per heavy atom. The maximum absolute atomic E-state index is 12.3. The lowest BCUT2D eigenvalue weighted by molar-refractivity contribution is -0.119. The molecule has 1 aromatic heterocycles. The van der Waals surface area contributed by atoms with Crippen molar-refractivity contribution in [1.82, 2.24) is 10.6 Å². The fraction of sp³-hybridized carbons (Fsp3) is 0.350. The van der Waals surface area contributed by atoms with E-state index >= 15 is 0 Å². The van der Waals surface area contributed by atoms with E-state index in [9.17, 15) is 14.4 Å². The first-order valence-electron chi connectivity index (χ1n) is 9.19. The Morgan fingerprint density at radius 3 is 2.54 bits per heavy atom. The minimum absolute atomic E-state index is 0.125. The maximum Gasteiger partial charge on any atom is 0.261 e. The maximum atomic E-state index is 12.3. The van der Waals surface area contributed by atoms with E-state index in [4.69, 9.17) is 11.6 Å². The molecule has 0 saturated carbocycles. The second kappa shape index (κ2) is 9.21. The Labute approximate surface area is 172 Å². The van der Waals surface area contributed by atoms with E-state index in [-0.39, 0.29) is 23.8 Å². The van der Waals surface area contributed by atoms with Gasteiger partial charge in [0.1, 0.15) is 0 Å². The van der Waals surface area contributed by atoms with Crippen molar-refractivity contribution in [3.8, 4) is 0 Å². The van der Waals surface area contributed by atoms with E-state index < -0.39 is 0 Å². The Kier molecular flexibility index (Phi) is 6.70. The largest absolute Gasteiger partial charge is 0.350 e. The van der Waals surface area contributed by atoms with Crippen LogP contribution in [0.15, 0.2) is 36.4 Å². The van der Waals surface area contributed by atoms with Gasteiger partial charge in [0.05, 0.1) is 9.21 Å². The molecule has 3 amide bonds. The molecule has 2 heterocycles. The third kappa shape index (κ3) is 5.11. The topological polar surface area (TPSA) is 78.5 Å². The smallest absolute Gasteiger partial charge is 0.261 e. The molecule has 1 aliphatic rings. The summed E-state index contributed by atoms with van der Waals surface area (Å²) in [6.45, 7) is 2.84. The first-order valence-corrected chi connectivity index (χ1v) is 10.4. The Balaban J connectivity index is 1.50. The second-order valence-corrected chi connectivity index (χ2v) is 8.45. The van der Waals surface area contributed by atoms with Gasteiger partial charge < -0.3 is 15.5 Å². The molecule has 0 aliphatic carbocycles. The lowest BCUT2D eigenvalue weighted by atomic mass is 10.1. The third-order valence-electron chi connectivity index (χ3n) is 4.51. The van der Waals surface area contributed by atoms with Gasteiger partial charge in [-0.05, 0) is 56.2 Å². The van der Waals surface area contributed by atoms with Crippen LogP contribution in [0.3, 0.4) is 0 Å². The molecule has 0 spiro atoms. The van der Waals surface area contributed by atoms with E-state index in [2.05, 4.69) is 10.6 Å². The Hall–Kier alpha value is -2.38. The molecular formula is C20H22ClN3O3S. The van der Waals surface area contributed by atoms with Gasteiger partial charge in [0.15, 0.2) is 0 Å². The molecule has 6 nitrogen and oxygen atoms in total. The summed E-state index contributed by atoms with van der Waals surface area (Å²) in [6.07, 6.45) is 2.50. The highest BCUT2D eigenvalue weighted by molar-refractivity contribution is 7.18. The zero-order chi connectivity index (χ0) is 20.1. The fourth-order valence-electron chi connectivity index (χ4n) is 3.00. The van der Waals surface area contributed by atoms with Crippen LogP contribution in [0.2, 0.25) is 4.34 Å². The van der Waals surface area contributed by atoms with Crippen LogP contribution in [0.4, 0.5) is 5.69 Å². The first kappa shape index (κ1) is 20.4. The number of amides is 3. The molecule has 1 saturated heterocycles. The van der Waals surface area contributed by atoms with Crippen molar-refractivity contribution < 1.29 is 14.4 Å². The van der Waals surface area contributed by atoms with Crippen LogP contribution in [-0.4, -0.2) is 36.9 Å². The highest BCUT2D eigenvalue weighted by atomic mass is 35.5. The van der Waals surface area contributed by atoms with Gasteiger partial charge >= 0.3 is 0 Å². The minimum atomic E-state index is -0.234. The van der Waals surface area contributed by atoms with Gasteiger partial charge in [0, 0.05) is 36.8 Å². The van der Waals surface area contributed by atoms with Gasteiger partial charge in [-0.1, -0.05) is 11.6 Å². The summed E-state index contributed by atoms with van der Waals surface area (Å²) in [5.41, 5.74) is 1.33. The molecule has 148 valence electrons. The molecule has 1 atom stereocenters. The number of hydrogen-bond acceptors (Lipinski definition) is 4. The molecule has 28 heavy (non-hydrogen) atoms. The van der Waals surface area contributed by atoms with Crippen molar-refractivity contribution in [2.75, 3.05) is 18.0 Å². The van der Waals surface area contributed by atoms with Crippen molar-refractivity contribution in [2.24, 2.45) is 0 Å². The number of thiophene rings is 1. The highest BCUT2D eigenvalue weighted by Gasteiger charge is 2.20. The lowest BCUT2D eigenvalue weighted by Crippen LogP contribution is -2.41. The molecule has 3 rings (SSSR count). The van der Waals surface area contributed by atoms with Crippen molar-refractivity contribution in [3.05, 3.63) is 51.2 Å². The highest BCUT2D eigenvalue weighted by Crippen LogP contribution is 2.22. The van der Waals surface area contributed by atoms with Crippen LogP contribution in [-0.2, 0) is 4.79 Å². The number of piperidine rings is 1. The summed E-state index contributed by atoms with van der Waals surface area (Å²) in [5, 5.41) is 5.64. The van der Waals surface area contributed by atoms with Gasteiger partial charge in [-0.2, -0.15) is 0 Å². The fourth-order valence-corrected chi connectivity index (χ4v) is 3.95. The van der Waals surface area contributed by atoms with Crippen molar-refractivity contribution in [2.45, 2.75) is 32.2 Å². The minimum Gasteiger partial charge on any atom is -0.350 e. The van der Waals surface area contributed by atoms with Crippen LogP contribution >= 0.6 is 22.9 Å². The molecule has 2 aromatic rings. The number of nitrogens with zero attached hydrogens (tertiary/aromatic N) is 1. The summed E-state index contributed by atoms with van der Waals surface area (Å²) in [4.78, 5) is 38.7. The molecule has 1 unspecified atom stereocenters. The summed E-state index contributed by atoms with van der Waals surface area (Å²) >= 11 is 7.05. The van der Waals surface area contributed by atoms with Gasteiger partial charge in [0.25, 0.3) is 11.8 Å². The number of halogens is 1. The predicted molar refractivity (Wildman–Crippen MR) is 111 cm³/mol. The SMILES string of the molecule is CC(CNC(=O)c1ccc(N2CCCCC2=O)cc1)NC(=O)c1ccc(Cl)s1. The molecule has 0 radical (unpaired) electrons. The van der Waals surface area contributed by atoms with Gasteiger partial charge in [-0.15, -0.1) is 11.3 Å². The number of anilines is 1. The average molecular weight is 420 g/mol. The molecule has 1 aromatic carbocycles. The average Bonchev–Trinajstić information content (AvgIpc) is 3.13. The van der Waals surface area contributed by atoms with Crippen molar-refractivity contribution in [1.29, 1.82) is 0 Å². The summed E-state index contributed by atoms with van der Waals surface area (Å²) < 4.78 is 0.556. The number of rotatable bonds is 6. The van der Waals surface area contributed by atoms with Gasteiger partial charge in [-0.25, -0.2) is 0 Å². The van der Waals surface area contributed by atoms with Crippen molar-refractivity contribution >= 4 is 46.3 Å². The van der Waals surface area contributed by atoms with E-state index in [0.29, 0.717) is 27.7 Å². The molecule has 2 N–H and O–H groups in total. The quantitative estimate of drug-likeness (QED) is 0.752. The van der Waals surface area contributed by atoms with Crippen LogP contribution < -0.4 is 15.5 Å². The normalized spacial score (nSPS) is 15.2.